The van der Waals surface area contributed by atoms with Crippen LogP contribution in [0.5, 0.6) is 0 Å². The van der Waals surface area contributed by atoms with Crippen molar-refractivity contribution in [1.82, 2.24) is 49.7 Å². The van der Waals surface area contributed by atoms with E-state index in [1.54, 1.807) is 37.5 Å². The summed E-state index contributed by atoms with van der Waals surface area (Å²) in [5, 5.41) is 51.8. The van der Waals surface area contributed by atoms with Crippen molar-refractivity contribution in [3.63, 3.8) is 0 Å². The lowest BCUT2D eigenvalue weighted by Crippen LogP contribution is -2.38. The predicted octanol–water partition coefficient (Wildman–Crippen LogP) is -1.18. The number of aliphatic hydroxyl groups excluding tert-OH is 4. The number of aliphatic hydroxyl groups is 4. The fourth-order valence-corrected chi connectivity index (χ4v) is 7.01. The van der Waals surface area contributed by atoms with Crippen LogP contribution in [0.15, 0.2) is 18.9 Å². The fourth-order valence-electron chi connectivity index (χ4n) is 6.84. The van der Waals surface area contributed by atoms with Gasteiger partial charge in [0.05, 0.1) is 43.1 Å². The lowest BCUT2D eigenvalue weighted by molar-refractivity contribution is 0.0151. The normalized spacial score (nSPS) is 32.9. The molecule has 3 aliphatic rings. The number of nitrogens with zero attached hydrogens (tertiary/aromatic N) is 9. The molecule has 5 heterocycles. The highest BCUT2D eigenvalue weighted by Crippen LogP contribution is 2.35. The van der Waals surface area contributed by atoms with Gasteiger partial charge < -0.3 is 50.4 Å². The summed E-state index contributed by atoms with van der Waals surface area (Å²) in [7, 11) is 3.52. The first kappa shape index (κ1) is 28.5. The van der Waals surface area contributed by atoms with E-state index in [1.807, 2.05) is 4.57 Å². The summed E-state index contributed by atoms with van der Waals surface area (Å²) in [6.07, 6.45) is 3.03. The number of rotatable bonds is 7. The van der Waals surface area contributed by atoms with E-state index >= 15 is 0 Å². The van der Waals surface area contributed by atoms with Gasteiger partial charge in [-0.2, -0.15) is 15.0 Å². The number of anilines is 2. The van der Waals surface area contributed by atoms with E-state index in [1.165, 1.54) is 0 Å². The second kappa shape index (κ2) is 11.0. The third-order valence-corrected chi connectivity index (χ3v) is 9.44. The first-order valence-corrected chi connectivity index (χ1v) is 14.8. The zero-order chi connectivity index (χ0) is 30.0. The van der Waals surface area contributed by atoms with E-state index in [-0.39, 0.29) is 29.5 Å². The van der Waals surface area contributed by atoms with Crippen LogP contribution in [0.3, 0.4) is 0 Å². The van der Waals surface area contributed by atoms with Crippen molar-refractivity contribution < 1.29 is 20.4 Å². The van der Waals surface area contributed by atoms with Crippen LogP contribution in [-0.4, -0.2) is 129 Å². The smallest absolute Gasteiger partial charge is 0.227 e. The van der Waals surface area contributed by atoms with Crippen molar-refractivity contribution in [3.8, 4) is 0 Å². The summed E-state index contributed by atoms with van der Waals surface area (Å²) in [6, 6.07) is -1.28. The first-order chi connectivity index (χ1) is 20.8. The fraction of sp³-hybridized carbons (Fsp3) is 0.615. The van der Waals surface area contributed by atoms with Gasteiger partial charge in [-0.25, -0.2) is 15.0 Å². The van der Waals surface area contributed by atoms with Crippen LogP contribution in [0.25, 0.3) is 22.3 Å². The van der Waals surface area contributed by atoms with E-state index < -0.39 is 30.5 Å². The van der Waals surface area contributed by atoms with E-state index in [4.69, 9.17) is 16.6 Å². The zero-order valence-electron chi connectivity index (χ0n) is 23.7. The lowest BCUT2D eigenvalue weighted by atomic mass is 10.2. The van der Waals surface area contributed by atoms with Gasteiger partial charge >= 0.3 is 0 Å². The minimum absolute atomic E-state index is 0.0146. The van der Waals surface area contributed by atoms with Gasteiger partial charge in [0.25, 0.3) is 0 Å². The van der Waals surface area contributed by atoms with Crippen LogP contribution in [0.4, 0.5) is 11.8 Å². The van der Waals surface area contributed by atoms with Crippen LogP contribution in [0.1, 0.15) is 31.3 Å². The Morgan fingerprint density at radius 1 is 0.814 bits per heavy atom. The van der Waals surface area contributed by atoms with Gasteiger partial charge in [0.1, 0.15) is 17.7 Å². The summed E-state index contributed by atoms with van der Waals surface area (Å²) in [4.78, 5) is 29.2. The summed E-state index contributed by atoms with van der Waals surface area (Å²) >= 11 is 6.34. The molecule has 16 nitrogen and oxygen atoms in total. The maximum Gasteiger partial charge on any atom is 0.227 e. The summed E-state index contributed by atoms with van der Waals surface area (Å²) in [5.41, 5.74) is 2.22. The van der Waals surface area contributed by atoms with Crippen LogP contribution < -0.4 is 20.9 Å². The molecule has 0 spiro atoms. The van der Waals surface area contributed by atoms with Crippen molar-refractivity contribution >= 4 is 45.7 Å². The molecule has 2 saturated carbocycles. The van der Waals surface area contributed by atoms with Gasteiger partial charge in [-0.3, -0.25) is 0 Å². The predicted molar refractivity (Wildman–Crippen MR) is 157 cm³/mol. The molecule has 43 heavy (non-hydrogen) atoms. The third-order valence-electron chi connectivity index (χ3n) is 9.27. The Labute approximate surface area is 251 Å². The third kappa shape index (κ3) is 4.77. The van der Waals surface area contributed by atoms with Crippen LogP contribution >= 0.6 is 11.6 Å². The number of aromatic nitrogens is 8. The number of imidazole rings is 2. The molecule has 0 aromatic carbocycles. The molecule has 0 unspecified atom stereocenters. The molecule has 4 aromatic heterocycles. The number of fused-ring (bicyclic) bond motifs is 2. The van der Waals surface area contributed by atoms with Crippen LogP contribution in [0.2, 0.25) is 5.28 Å². The average Bonchev–Trinajstić information content (AvgIpc) is 3.82. The van der Waals surface area contributed by atoms with E-state index in [0.717, 1.165) is 6.42 Å². The summed E-state index contributed by atoms with van der Waals surface area (Å²) in [6.45, 7) is 1.28. The maximum absolute atomic E-state index is 10.7. The largest absolute Gasteiger partial charge is 0.389 e. The van der Waals surface area contributed by atoms with E-state index in [9.17, 15) is 20.4 Å². The monoisotopic (exact) mass is 614 g/mol. The first-order valence-electron chi connectivity index (χ1n) is 14.4. The molecule has 0 amide bonds. The summed E-state index contributed by atoms with van der Waals surface area (Å²) < 4.78 is 3.58. The highest BCUT2D eigenvalue weighted by atomic mass is 35.5. The van der Waals surface area contributed by atoms with Gasteiger partial charge in [-0.05, 0) is 45.0 Å². The maximum atomic E-state index is 10.7. The molecule has 1 aliphatic heterocycles. The standard InChI is InChI=1S/C26H35ClN12O4/c1-28-12-5-15(20(42)18(12)40)38-9-31-14-7-30-26(36-23(14)38)37-4-3-11(8-37)33-22-17-24(35-25(27)34-22)39(10-32-17)16-6-13(29-2)19(41)21(16)43/h7,9-13,15-16,18-21,28-29,40-43H,3-6,8H2,1-2H3,(H,33,34,35)/t11-,12-,13-,15+,16+,18-,19-,20+,21+/m0/s1. The molecular formula is C26H35ClN12O4. The molecule has 7 N–H and O–H groups in total. The average molecular weight is 615 g/mol. The van der Waals surface area contributed by atoms with Crippen molar-refractivity contribution in [3.05, 3.63) is 24.1 Å². The number of likely N-dealkylation sites (N-methyl/N-ethyl adjacent to an activating group) is 2. The minimum Gasteiger partial charge on any atom is -0.389 e. The van der Waals surface area contributed by atoms with E-state index in [2.05, 4.69) is 45.8 Å². The van der Waals surface area contributed by atoms with Gasteiger partial charge in [-0.15, -0.1) is 0 Å². The molecule has 0 bridgehead atoms. The van der Waals surface area contributed by atoms with Crippen LogP contribution in [0, 0.1) is 0 Å². The second-order valence-electron chi connectivity index (χ2n) is 11.6. The molecule has 17 heteroatoms. The Hall–Kier alpha value is -3.25. The molecule has 3 fully saturated rings. The number of nitrogens with one attached hydrogen (secondary N) is 3. The van der Waals surface area contributed by atoms with Crippen molar-refractivity contribution in [2.45, 2.75) is 73.9 Å². The molecular weight excluding hydrogens is 580 g/mol. The van der Waals surface area contributed by atoms with Gasteiger partial charge in [0.2, 0.25) is 11.2 Å². The highest BCUT2D eigenvalue weighted by molar-refractivity contribution is 6.28. The molecule has 1 saturated heterocycles. The zero-order valence-corrected chi connectivity index (χ0v) is 24.4. The van der Waals surface area contributed by atoms with Crippen molar-refractivity contribution in [2.24, 2.45) is 0 Å². The van der Waals surface area contributed by atoms with E-state index in [0.29, 0.717) is 60.0 Å². The van der Waals surface area contributed by atoms with Gasteiger partial charge in [0, 0.05) is 31.2 Å². The Morgan fingerprint density at radius 3 is 2.12 bits per heavy atom. The Balaban J connectivity index is 1.10. The lowest BCUT2D eigenvalue weighted by Gasteiger charge is -2.20. The molecule has 4 aromatic rings. The van der Waals surface area contributed by atoms with Crippen molar-refractivity contribution in [2.75, 3.05) is 37.4 Å². The van der Waals surface area contributed by atoms with Gasteiger partial charge in [-0.1, -0.05) is 0 Å². The topological polar surface area (TPSA) is 207 Å². The minimum atomic E-state index is -0.983. The number of halogens is 1. The Morgan fingerprint density at radius 2 is 1.47 bits per heavy atom. The van der Waals surface area contributed by atoms with Gasteiger partial charge in [0.15, 0.2) is 22.6 Å². The van der Waals surface area contributed by atoms with Crippen LogP contribution in [-0.2, 0) is 0 Å². The molecule has 7 rings (SSSR count). The molecule has 0 radical (unpaired) electrons. The summed E-state index contributed by atoms with van der Waals surface area (Å²) in [5.74, 6) is 1.03. The molecule has 2 aliphatic carbocycles. The molecule has 230 valence electrons. The number of hydrogen-bond donors (Lipinski definition) is 7. The Bertz CT molecular complexity index is 1630. The SMILES string of the molecule is CN[C@H]1C[C@@H](n2cnc3cnc(N4CC[C@H](Nc5nc(Cl)nc6c5ncn6[C@@H]5C[C@H](NC)[C@H](O)[C@@H]5O)C4)nc32)[C@@H](O)[C@H]1O. The second-order valence-corrected chi connectivity index (χ2v) is 12.0. The Kier molecular flexibility index (Phi) is 7.32. The highest BCUT2D eigenvalue weighted by Gasteiger charge is 2.43. The van der Waals surface area contributed by atoms with Crippen molar-refractivity contribution in [1.29, 1.82) is 0 Å². The number of hydrogen-bond acceptors (Lipinski definition) is 14. The molecule has 9 atom stereocenters. The quantitative estimate of drug-likeness (QED) is 0.122.